The summed E-state index contributed by atoms with van der Waals surface area (Å²) in [5, 5.41) is 3.42. The number of ether oxygens (including phenoxy) is 1. The average molecular weight is 383 g/mol. The van der Waals surface area contributed by atoms with Gasteiger partial charge in [-0.1, -0.05) is 18.0 Å². The quantitative estimate of drug-likeness (QED) is 0.711. The smallest absolute Gasteiger partial charge is 0.257 e. The molecule has 1 fully saturated rings. The van der Waals surface area contributed by atoms with Crippen LogP contribution < -0.4 is 10.1 Å². The van der Waals surface area contributed by atoms with Gasteiger partial charge in [0, 0.05) is 23.6 Å². The highest BCUT2D eigenvalue weighted by molar-refractivity contribution is 6.31. The number of pyridine rings is 1. The van der Waals surface area contributed by atoms with Crippen LogP contribution in [-0.4, -0.2) is 27.0 Å². The van der Waals surface area contributed by atoms with E-state index in [2.05, 4.69) is 20.3 Å². The third kappa shape index (κ3) is 4.17. The molecule has 7 heteroatoms. The van der Waals surface area contributed by atoms with Crippen molar-refractivity contribution in [1.29, 1.82) is 0 Å². The standard InChI is InChI=1S/C20H19ClN4O2/c21-14-6-7-18(27-15-4-2-1-3-5-15)16(11-14)25-20(26)13-10-17-19(24-12-13)23-9-8-22-17/h6-12,15H,1-5H2,(H,25,26). The molecule has 4 rings (SSSR count). The number of benzene rings is 1. The molecule has 2 aromatic heterocycles. The molecule has 27 heavy (non-hydrogen) atoms. The lowest BCUT2D eigenvalue weighted by molar-refractivity contribution is 0.102. The number of halogens is 1. The van der Waals surface area contributed by atoms with Gasteiger partial charge in [0.2, 0.25) is 0 Å². The van der Waals surface area contributed by atoms with Crippen LogP contribution in [0.25, 0.3) is 11.2 Å². The first kappa shape index (κ1) is 17.7. The molecule has 138 valence electrons. The van der Waals surface area contributed by atoms with Gasteiger partial charge in [0.15, 0.2) is 5.65 Å². The Hall–Kier alpha value is -2.73. The van der Waals surface area contributed by atoms with Crippen LogP contribution in [0.5, 0.6) is 5.75 Å². The molecule has 1 aromatic carbocycles. The Morgan fingerprint density at radius 1 is 1.07 bits per heavy atom. The normalized spacial score (nSPS) is 14.9. The molecule has 0 saturated heterocycles. The van der Waals surface area contributed by atoms with E-state index in [0.717, 1.165) is 12.8 Å². The second kappa shape index (κ2) is 7.88. The fourth-order valence-electron chi connectivity index (χ4n) is 3.24. The van der Waals surface area contributed by atoms with E-state index >= 15 is 0 Å². The number of carbonyl (C=O) groups excluding carboxylic acids is 1. The molecular weight excluding hydrogens is 364 g/mol. The summed E-state index contributed by atoms with van der Waals surface area (Å²) in [6.07, 6.45) is 10.4. The Labute approximate surface area is 162 Å². The SMILES string of the molecule is O=C(Nc1cc(Cl)ccc1OC1CCCCC1)c1cnc2nccnc2c1. The maximum Gasteiger partial charge on any atom is 0.257 e. The second-order valence-corrected chi connectivity index (χ2v) is 7.03. The van der Waals surface area contributed by atoms with Gasteiger partial charge in [0.1, 0.15) is 11.3 Å². The zero-order valence-electron chi connectivity index (χ0n) is 14.7. The number of amides is 1. The Bertz CT molecular complexity index is 973. The zero-order chi connectivity index (χ0) is 18.6. The second-order valence-electron chi connectivity index (χ2n) is 6.60. The van der Waals surface area contributed by atoms with Crippen LogP contribution in [-0.2, 0) is 0 Å². The van der Waals surface area contributed by atoms with Gasteiger partial charge in [0.05, 0.1) is 17.4 Å². The van der Waals surface area contributed by atoms with E-state index in [4.69, 9.17) is 16.3 Å². The van der Waals surface area contributed by atoms with E-state index in [1.165, 1.54) is 25.5 Å². The molecule has 1 aliphatic rings. The predicted molar refractivity (Wildman–Crippen MR) is 104 cm³/mol. The lowest BCUT2D eigenvalue weighted by atomic mass is 9.98. The number of fused-ring (bicyclic) bond motifs is 1. The van der Waals surface area contributed by atoms with Crippen molar-refractivity contribution in [1.82, 2.24) is 15.0 Å². The Morgan fingerprint density at radius 2 is 1.89 bits per heavy atom. The summed E-state index contributed by atoms with van der Waals surface area (Å²) in [6.45, 7) is 0. The van der Waals surface area contributed by atoms with Crippen LogP contribution >= 0.6 is 11.6 Å². The van der Waals surface area contributed by atoms with Crippen molar-refractivity contribution in [2.75, 3.05) is 5.32 Å². The molecule has 1 saturated carbocycles. The number of carbonyl (C=O) groups is 1. The van der Waals surface area contributed by atoms with Crippen LogP contribution in [0.4, 0.5) is 5.69 Å². The van der Waals surface area contributed by atoms with Crippen molar-refractivity contribution in [2.24, 2.45) is 0 Å². The molecule has 0 radical (unpaired) electrons. The van der Waals surface area contributed by atoms with Crippen LogP contribution in [0.3, 0.4) is 0 Å². The number of rotatable bonds is 4. The highest BCUT2D eigenvalue weighted by Gasteiger charge is 2.18. The minimum Gasteiger partial charge on any atom is -0.488 e. The number of nitrogens with zero attached hydrogens (tertiary/aromatic N) is 3. The summed E-state index contributed by atoms with van der Waals surface area (Å²) in [4.78, 5) is 25.2. The summed E-state index contributed by atoms with van der Waals surface area (Å²) >= 11 is 6.13. The molecule has 1 N–H and O–H groups in total. The van der Waals surface area contributed by atoms with Crippen molar-refractivity contribution >= 4 is 34.4 Å². The lowest BCUT2D eigenvalue weighted by Crippen LogP contribution is -2.21. The highest BCUT2D eigenvalue weighted by Crippen LogP contribution is 2.32. The van der Waals surface area contributed by atoms with E-state index in [-0.39, 0.29) is 12.0 Å². The molecule has 0 aliphatic heterocycles. The van der Waals surface area contributed by atoms with Gasteiger partial charge < -0.3 is 10.1 Å². The summed E-state index contributed by atoms with van der Waals surface area (Å²) in [5.74, 6) is 0.332. The molecule has 3 aromatic rings. The van der Waals surface area contributed by atoms with Crippen LogP contribution in [0, 0.1) is 0 Å². The minimum absolute atomic E-state index is 0.174. The fourth-order valence-corrected chi connectivity index (χ4v) is 3.41. The predicted octanol–water partition coefficient (Wildman–Crippen LogP) is 4.64. The Kier molecular flexibility index (Phi) is 5.16. The van der Waals surface area contributed by atoms with Gasteiger partial charge in [-0.3, -0.25) is 9.78 Å². The van der Waals surface area contributed by atoms with Gasteiger partial charge >= 0.3 is 0 Å². The first-order valence-electron chi connectivity index (χ1n) is 9.03. The Morgan fingerprint density at radius 3 is 2.74 bits per heavy atom. The zero-order valence-corrected chi connectivity index (χ0v) is 15.4. The van der Waals surface area contributed by atoms with E-state index in [1.54, 1.807) is 36.7 Å². The first-order chi connectivity index (χ1) is 13.2. The molecule has 6 nitrogen and oxygen atoms in total. The average Bonchev–Trinajstić information content (AvgIpc) is 2.70. The number of nitrogens with one attached hydrogen (secondary N) is 1. The molecule has 0 bridgehead atoms. The molecule has 0 unspecified atom stereocenters. The van der Waals surface area contributed by atoms with E-state index in [1.807, 2.05) is 0 Å². The van der Waals surface area contributed by atoms with Crippen LogP contribution in [0.2, 0.25) is 5.02 Å². The van der Waals surface area contributed by atoms with Crippen molar-refractivity contribution in [3.63, 3.8) is 0 Å². The maximum absolute atomic E-state index is 12.7. The third-order valence-corrected chi connectivity index (χ3v) is 4.86. The summed E-state index contributed by atoms with van der Waals surface area (Å²) in [6, 6.07) is 6.93. The monoisotopic (exact) mass is 382 g/mol. The van der Waals surface area contributed by atoms with Crippen molar-refractivity contribution in [3.05, 3.63) is 53.4 Å². The first-order valence-corrected chi connectivity index (χ1v) is 9.41. The molecule has 1 aliphatic carbocycles. The summed E-state index contributed by atoms with van der Waals surface area (Å²) in [7, 11) is 0. The van der Waals surface area contributed by atoms with E-state index < -0.39 is 0 Å². The topological polar surface area (TPSA) is 77.0 Å². The van der Waals surface area contributed by atoms with Crippen molar-refractivity contribution in [3.8, 4) is 5.75 Å². The number of anilines is 1. The van der Waals surface area contributed by atoms with Gasteiger partial charge in [-0.15, -0.1) is 0 Å². The van der Waals surface area contributed by atoms with Crippen molar-refractivity contribution in [2.45, 2.75) is 38.2 Å². The largest absolute Gasteiger partial charge is 0.488 e. The van der Waals surface area contributed by atoms with Gasteiger partial charge in [0.25, 0.3) is 5.91 Å². The minimum atomic E-state index is -0.300. The third-order valence-electron chi connectivity index (χ3n) is 4.62. The molecule has 2 heterocycles. The summed E-state index contributed by atoms with van der Waals surface area (Å²) < 4.78 is 6.14. The van der Waals surface area contributed by atoms with Crippen molar-refractivity contribution < 1.29 is 9.53 Å². The lowest BCUT2D eigenvalue weighted by Gasteiger charge is -2.24. The maximum atomic E-state index is 12.7. The fraction of sp³-hybridized carbons (Fsp3) is 0.300. The van der Waals surface area contributed by atoms with Crippen LogP contribution in [0.1, 0.15) is 42.5 Å². The van der Waals surface area contributed by atoms with E-state index in [0.29, 0.717) is 33.2 Å². The van der Waals surface area contributed by atoms with Gasteiger partial charge in [-0.05, 0) is 49.9 Å². The number of aromatic nitrogens is 3. The molecular formula is C20H19ClN4O2. The summed E-state index contributed by atoms with van der Waals surface area (Å²) in [5.41, 5.74) is 2.01. The van der Waals surface area contributed by atoms with Gasteiger partial charge in [-0.2, -0.15) is 0 Å². The van der Waals surface area contributed by atoms with Crippen LogP contribution in [0.15, 0.2) is 42.9 Å². The molecule has 0 spiro atoms. The van der Waals surface area contributed by atoms with Gasteiger partial charge in [-0.25, -0.2) is 9.97 Å². The Balaban J connectivity index is 1.56. The van der Waals surface area contributed by atoms with E-state index in [9.17, 15) is 4.79 Å². The number of hydrogen-bond donors (Lipinski definition) is 1. The molecule has 1 amide bonds. The number of hydrogen-bond acceptors (Lipinski definition) is 5. The molecule has 0 atom stereocenters. The highest BCUT2D eigenvalue weighted by atomic mass is 35.5.